The number of carbonyl (C=O) groups excluding carboxylic acids is 1. The van der Waals surface area contributed by atoms with Crippen LogP contribution in [0, 0.1) is 0 Å². The van der Waals surface area contributed by atoms with E-state index in [1.807, 2.05) is 36.4 Å². The summed E-state index contributed by atoms with van der Waals surface area (Å²) in [5, 5.41) is 8.83. The number of methoxy groups -OCH3 is 1. The Labute approximate surface area is 220 Å². The van der Waals surface area contributed by atoms with Crippen molar-refractivity contribution >= 4 is 35.7 Å². The molecule has 8 nitrogen and oxygen atoms in total. The monoisotopic (exact) mass is 518 g/mol. The molecule has 198 valence electrons. The van der Waals surface area contributed by atoms with E-state index >= 15 is 0 Å². The molecule has 2 aromatic carbocycles. The summed E-state index contributed by atoms with van der Waals surface area (Å²) < 4.78 is 4.69. The number of carboxylic acid groups (broad SMARTS) is 1. The van der Waals surface area contributed by atoms with Gasteiger partial charge in [-0.1, -0.05) is 13.8 Å². The number of benzene rings is 2. The van der Waals surface area contributed by atoms with Crippen molar-refractivity contribution in [2.75, 3.05) is 82.4 Å². The lowest BCUT2D eigenvalue weighted by molar-refractivity contribution is 0.0599. The molecule has 0 aliphatic carbocycles. The SMILES string of the molecule is CCN1CCN(c2ccc(C(=O)O)cc2)CC1.CCN1CCN(c2ccc(C(=O)OC)cc2)CC1.Cl. The molecule has 0 saturated carbocycles. The van der Waals surface area contributed by atoms with E-state index in [9.17, 15) is 9.59 Å². The molecule has 0 radical (unpaired) electrons. The minimum absolute atomic E-state index is 0. The number of carbonyl (C=O) groups is 2. The number of aromatic carboxylic acids is 1. The van der Waals surface area contributed by atoms with Crippen LogP contribution in [0.3, 0.4) is 0 Å². The average Bonchev–Trinajstić information content (AvgIpc) is 2.93. The number of ether oxygens (including phenoxy) is 1. The van der Waals surface area contributed by atoms with E-state index in [4.69, 9.17) is 9.84 Å². The van der Waals surface area contributed by atoms with Crippen LogP contribution in [0.4, 0.5) is 11.4 Å². The molecule has 2 saturated heterocycles. The van der Waals surface area contributed by atoms with E-state index in [2.05, 4.69) is 33.4 Å². The number of anilines is 2. The second kappa shape index (κ2) is 14.7. The quantitative estimate of drug-likeness (QED) is 0.582. The van der Waals surface area contributed by atoms with Crippen LogP contribution in [0.15, 0.2) is 48.5 Å². The Kier molecular flexibility index (Phi) is 12.0. The van der Waals surface area contributed by atoms with Gasteiger partial charge >= 0.3 is 11.9 Å². The molecule has 0 amide bonds. The third kappa shape index (κ3) is 8.11. The van der Waals surface area contributed by atoms with Gasteiger partial charge in [-0.25, -0.2) is 9.59 Å². The molecule has 0 spiro atoms. The van der Waals surface area contributed by atoms with Gasteiger partial charge in [-0.05, 0) is 61.6 Å². The van der Waals surface area contributed by atoms with Crippen molar-refractivity contribution in [3.05, 3.63) is 59.7 Å². The Hall–Kier alpha value is -2.81. The third-order valence-electron chi connectivity index (χ3n) is 6.77. The lowest BCUT2D eigenvalue weighted by Crippen LogP contribution is -2.46. The predicted molar refractivity (Wildman–Crippen MR) is 147 cm³/mol. The molecule has 2 heterocycles. The highest BCUT2D eigenvalue weighted by Crippen LogP contribution is 2.18. The number of halogens is 1. The largest absolute Gasteiger partial charge is 0.478 e. The van der Waals surface area contributed by atoms with Crippen molar-refractivity contribution in [3.8, 4) is 0 Å². The number of hydrogen-bond acceptors (Lipinski definition) is 7. The summed E-state index contributed by atoms with van der Waals surface area (Å²) >= 11 is 0. The van der Waals surface area contributed by atoms with Gasteiger partial charge in [0.05, 0.1) is 18.2 Å². The molecular formula is C27H39ClN4O4. The fourth-order valence-corrected chi connectivity index (χ4v) is 4.39. The molecule has 4 rings (SSSR count). The zero-order valence-electron chi connectivity index (χ0n) is 21.6. The fraction of sp³-hybridized carbons (Fsp3) is 0.481. The minimum Gasteiger partial charge on any atom is -0.478 e. The van der Waals surface area contributed by atoms with Gasteiger partial charge in [-0.2, -0.15) is 0 Å². The fourth-order valence-electron chi connectivity index (χ4n) is 4.39. The topological polar surface area (TPSA) is 76.6 Å². The van der Waals surface area contributed by atoms with E-state index in [1.54, 1.807) is 12.1 Å². The summed E-state index contributed by atoms with van der Waals surface area (Å²) in [4.78, 5) is 31.6. The van der Waals surface area contributed by atoms with Crippen molar-refractivity contribution < 1.29 is 19.4 Å². The number of hydrogen-bond donors (Lipinski definition) is 1. The van der Waals surface area contributed by atoms with E-state index in [0.717, 1.165) is 71.1 Å². The molecular weight excluding hydrogens is 480 g/mol. The molecule has 9 heteroatoms. The smallest absolute Gasteiger partial charge is 0.337 e. The Balaban J connectivity index is 0.000000247. The van der Waals surface area contributed by atoms with E-state index in [1.165, 1.54) is 12.8 Å². The third-order valence-corrected chi connectivity index (χ3v) is 6.77. The van der Waals surface area contributed by atoms with Crippen LogP contribution in [0.2, 0.25) is 0 Å². The van der Waals surface area contributed by atoms with Crippen LogP contribution >= 0.6 is 12.4 Å². The Morgan fingerprint density at radius 2 is 1.06 bits per heavy atom. The Morgan fingerprint density at radius 3 is 1.36 bits per heavy atom. The van der Waals surface area contributed by atoms with E-state index < -0.39 is 5.97 Å². The first-order valence-electron chi connectivity index (χ1n) is 12.4. The van der Waals surface area contributed by atoms with Crippen molar-refractivity contribution in [3.63, 3.8) is 0 Å². The second-order valence-corrected chi connectivity index (χ2v) is 8.73. The first-order valence-corrected chi connectivity index (χ1v) is 12.4. The summed E-state index contributed by atoms with van der Waals surface area (Å²) in [6, 6.07) is 14.8. The standard InChI is InChI=1S/C14H20N2O2.C13H18N2O2.ClH/c1-3-15-8-10-16(11-9-15)13-6-4-12(5-7-13)14(17)18-2;1-2-14-7-9-15(10-8-14)12-5-3-11(4-6-12)13(16)17;/h4-7H,3,8-11H2,1-2H3;3-6H,2,7-10H2,1H3,(H,16,17);1H. The molecule has 0 atom stereocenters. The van der Waals surface area contributed by atoms with Gasteiger partial charge in [-0.15, -0.1) is 12.4 Å². The first kappa shape index (κ1) is 29.4. The van der Waals surface area contributed by atoms with E-state index in [0.29, 0.717) is 11.1 Å². The molecule has 2 aliphatic rings. The second-order valence-electron chi connectivity index (χ2n) is 8.73. The van der Waals surface area contributed by atoms with Crippen molar-refractivity contribution in [1.29, 1.82) is 0 Å². The van der Waals surface area contributed by atoms with Crippen molar-refractivity contribution in [2.24, 2.45) is 0 Å². The normalized spacial score (nSPS) is 16.4. The van der Waals surface area contributed by atoms with Crippen LogP contribution in [0.25, 0.3) is 0 Å². The van der Waals surface area contributed by atoms with E-state index in [-0.39, 0.29) is 18.4 Å². The lowest BCUT2D eigenvalue weighted by Gasteiger charge is -2.35. The number of piperazine rings is 2. The van der Waals surface area contributed by atoms with Crippen LogP contribution < -0.4 is 9.80 Å². The van der Waals surface area contributed by atoms with Crippen molar-refractivity contribution in [2.45, 2.75) is 13.8 Å². The Morgan fingerprint density at radius 1 is 0.694 bits per heavy atom. The summed E-state index contributed by atoms with van der Waals surface area (Å²) in [5.74, 6) is -1.15. The summed E-state index contributed by atoms with van der Waals surface area (Å²) in [6.45, 7) is 15.1. The summed E-state index contributed by atoms with van der Waals surface area (Å²) in [6.07, 6.45) is 0. The molecule has 0 bridgehead atoms. The minimum atomic E-state index is -0.868. The first-order chi connectivity index (χ1) is 16.9. The van der Waals surface area contributed by atoms with Gasteiger partial charge in [-0.3, -0.25) is 0 Å². The molecule has 2 aromatic rings. The van der Waals surface area contributed by atoms with Gasteiger partial charge < -0.3 is 29.4 Å². The molecule has 0 aromatic heterocycles. The molecule has 2 fully saturated rings. The highest BCUT2D eigenvalue weighted by molar-refractivity contribution is 5.89. The molecule has 2 aliphatic heterocycles. The average molecular weight is 519 g/mol. The zero-order valence-corrected chi connectivity index (χ0v) is 22.4. The predicted octanol–water partition coefficient (Wildman–Crippen LogP) is 3.56. The van der Waals surface area contributed by atoms with Crippen molar-refractivity contribution in [1.82, 2.24) is 9.80 Å². The molecule has 0 unspecified atom stereocenters. The van der Waals surface area contributed by atoms with Crippen LogP contribution in [0.1, 0.15) is 34.6 Å². The highest BCUT2D eigenvalue weighted by atomic mass is 35.5. The van der Waals surface area contributed by atoms with Gasteiger partial charge in [0.1, 0.15) is 0 Å². The van der Waals surface area contributed by atoms with Crippen LogP contribution in [-0.2, 0) is 4.74 Å². The highest BCUT2D eigenvalue weighted by Gasteiger charge is 2.17. The van der Waals surface area contributed by atoms with Gasteiger partial charge in [0.15, 0.2) is 0 Å². The maximum atomic E-state index is 11.3. The Bertz CT molecular complexity index is 939. The number of carboxylic acids is 1. The van der Waals surface area contributed by atoms with Gasteiger partial charge in [0, 0.05) is 63.7 Å². The van der Waals surface area contributed by atoms with Gasteiger partial charge in [0.25, 0.3) is 0 Å². The summed E-state index contributed by atoms with van der Waals surface area (Å²) in [5.41, 5.74) is 3.25. The number of rotatable bonds is 6. The van der Waals surface area contributed by atoms with Crippen LogP contribution in [0.5, 0.6) is 0 Å². The maximum Gasteiger partial charge on any atom is 0.337 e. The number of nitrogens with zero attached hydrogens (tertiary/aromatic N) is 4. The number of esters is 1. The number of likely N-dealkylation sites (N-methyl/N-ethyl adjacent to an activating group) is 2. The zero-order chi connectivity index (χ0) is 25.2. The lowest BCUT2D eigenvalue weighted by atomic mass is 10.2. The maximum absolute atomic E-state index is 11.3. The van der Waals surface area contributed by atoms with Crippen LogP contribution in [-0.4, -0.2) is 99.4 Å². The molecule has 1 N–H and O–H groups in total. The van der Waals surface area contributed by atoms with Gasteiger partial charge in [0.2, 0.25) is 0 Å². The molecule has 36 heavy (non-hydrogen) atoms. The summed E-state index contributed by atoms with van der Waals surface area (Å²) in [7, 11) is 1.40.